The first-order valence-electron chi connectivity index (χ1n) is 7.50. The summed E-state index contributed by atoms with van der Waals surface area (Å²) in [5.41, 5.74) is 4.71. The van der Waals surface area contributed by atoms with Crippen molar-refractivity contribution in [3.63, 3.8) is 0 Å². The van der Waals surface area contributed by atoms with Crippen LogP contribution in [0, 0.1) is 6.92 Å². The standard InChI is InChI=1S/C17H28N2/c1-13(2)15-8-6-7-14(3)16(15)19-11-9-17(4,18-5)10-12-19/h6-8,13,18H,9-12H2,1-5H3. The number of aryl methyl sites for hydroxylation is 1. The lowest BCUT2D eigenvalue weighted by molar-refractivity contribution is 0.305. The average molecular weight is 260 g/mol. The van der Waals surface area contributed by atoms with E-state index in [1.165, 1.54) is 29.7 Å². The fourth-order valence-electron chi connectivity index (χ4n) is 3.05. The van der Waals surface area contributed by atoms with Crippen LogP contribution in [0.4, 0.5) is 5.69 Å². The van der Waals surface area contributed by atoms with Gasteiger partial charge in [0.2, 0.25) is 0 Å². The lowest BCUT2D eigenvalue weighted by atomic mass is 9.88. The molecule has 0 spiro atoms. The van der Waals surface area contributed by atoms with Crippen molar-refractivity contribution in [1.82, 2.24) is 5.32 Å². The quantitative estimate of drug-likeness (QED) is 0.891. The normalized spacial score (nSPS) is 18.9. The van der Waals surface area contributed by atoms with Gasteiger partial charge >= 0.3 is 0 Å². The predicted molar refractivity (Wildman–Crippen MR) is 84.2 cm³/mol. The van der Waals surface area contributed by atoms with E-state index in [1.807, 2.05) is 0 Å². The summed E-state index contributed by atoms with van der Waals surface area (Å²) < 4.78 is 0. The molecule has 1 aliphatic rings. The van der Waals surface area contributed by atoms with Gasteiger partial charge in [-0.2, -0.15) is 0 Å². The molecule has 0 aliphatic carbocycles. The lowest BCUT2D eigenvalue weighted by Crippen LogP contribution is -2.50. The summed E-state index contributed by atoms with van der Waals surface area (Å²) in [4.78, 5) is 2.59. The maximum Gasteiger partial charge on any atom is 0.0431 e. The number of nitrogens with one attached hydrogen (secondary N) is 1. The van der Waals surface area contributed by atoms with Gasteiger partial charge in [0.25, 0.3) is 0 Å². The van der Waals surface area contributed by atoms with Crippen molar-refractivity contribution in [2.75, 3.05) is 25.0 Å². The van der Waals surface area contributed by atoms with Crippen molar-refractivity contribution in [1.29, 1.82) is 0 Å². The Bertz CT molecular complexity index is 429. The molecule has 0 aromatic heterocycles. The summed E-state index contributed by atoms with van der Waals surface area (Å²) in [6.45, 7) is 11.5. The smallest absolute Gasteiger partial charge is 0.0431 e. The van der Waals surface area contributed by atoms with E-state index in [0.29, 0.717) is 11.5 Å². The highest BCUT2D eigenvalue weighted by atomic mass is 15.2. The fourth-order valence-corrected chi connectivity index (χ4v) is 3.05. The highest BCUT2D eigenvalue weighted by Crippen LogP contribution is 2.34. The van der Waals surface area contributed by atoms with Crippen molar-refractivity contribution < 1.29 is 0 Å². The maximum absolute atomic E-state index is 3.48. The molecule has 1 aromatic rings. The minimum Gasteiger partial charge on any atom is -0.371 e. The van der Waals surface area contributed by atoms with Gasteiger partial charge in [-0.3, -0.25) is 0 Å². The molecular weight excluding hydrogens is 232 g/mol. The van der Waals surface area contributed by atoms with E-state index in [0.717, 1.165) is 13.1 Å². The Morgan fingerprint density at radius 3 is 2.37 bits per heavy atom. The van der Waals surface area contributed by atoms with Crippen LogP contribution in [0.5, 0.6) is 0 Å². The second kappa shape index (κ2) is 5.54. The Kier molecular flexibility index (Phi) is 4.19. The van der Waals surface area contributed by atoms with Crippen LogP contribution < -0.4 is 10.2 Å². The highest BCUT2D eigenvalue weighted by Gasteiger charge is 2.29. The average Bonchev–Trinajstić information content (AvgIpc) is 2.40. The second-order valence-electron chi connectivity index (χ2n) is 6.47. The molecule has 19 heavy (non-hydrogen) atoms. The van der Waals surface area contributed by atoms with Gasteiger partial charge < -0.3 is 10.2 Å². The molecule has 0 amide bonds. The van der Waals surface area contributed by atoms with Crippen LogP contribution in [0.25, 0.3) is 0 Å². The number of anilines is 1. The Morgan fingerprint density at radius 1 is 1.21 bits per heavy atom. The predicted octanol–water partition coefficient (Wildman–Crippen LogP) is 3.70. The van der Waals surface area contributed by atoms with Crippen LogP contribution in [0.2, 0.25) is 0 Å². The molecule has 106 valence electrons. The lowest BCUT2D eigenvalue weighted by Gasteiger charge is -2.41. The zero-order valence-corrected chi connectivity index (χ0v) is 13.1. The van der Waals surface area contributed by atoms with Crippen LogP contribution in [0.1, 0.15) is 50.7 Å². The Morgan fingerprint density at radius 2 is 1.84 bits per heavy atom. The summed E-state index contributed by atoms with van der Waals surface area (Å²) in [7, 11) is 2.09. The summed E-state index contributed by atoms with van der Waals surface area (Å²) in [5.74, 6) is 0.590. The van der Waals surface area contributed by atoms with Crippen molar-refractivity contribution in [2.24, 2.45) is 0 Å². The van der Waals surface area contributed by atoms with Gasteiger partial charge in [0.1, 0.15) is 0 Å². The summed E-state index contributed by atoms with van der Waals surface area (Å²) in [6, 6.07) is 6.72. The number of piperidine rings is 1. The SMILES string of the molecule is CNC1(C)CCN(c2c(C)cccc2C(C)C)CC1. The van der Waals surface area contributed by atoms with E-state index in [4.69, 9.17) is 0 Å². The third-order valence-corrected chi connectivity index (χ3v) is 4.68. The highest BCUT2D eigenvalue weighted by molar-refractivity contribution is 5.60. The van der Waals surface area contributed by atoms with Gasteiger partial charge in [0.05, 0.1) is 0 Å². The van der Waals surface area contributed by atoms with E-state index in [-0.39, 0.29) is 0 Å². The number of benzene rings is 1. The first-order chi connectivity index (χ1) is 8.97. The zero-order chi connectivity index (χ0) is 14.0. The van der Waals surface area contributed by atoms with E-state index >= 15 is 0 Å². The van der Waals surface area contributed by atoms with Gasteiger partial charge in [0, 0.05) is 24.3 Å². The minimum absolute atomic E-state index is 0.317. The second-order valence-corrected chi connectivity index (χ2v) is 6.47. The summed E-state index contributed by atoms with van der Waals surface area (Å²) >= 11 is 0. The molecule has 0 atom stereocenters. The van der Waals surface area contributed by atoms with Crippen molar-refractivity contribution in [3.05, 3.63) is 29.3 Å². The molecule has 2 rings (SSSR count). The van der Waals surface area contributed by atoms with Gasteiger partial charge in [-0.15, -0.1) is 0 Å². The van der Waals surface area contributed by atoms with Crippen molar-refractivity contribution in [2.45, 2.75) is 52.0 Å². The first kappa shape index (κ1) is 14.4. The molecule has 1 heterocycles. The summed E-state index contributed by atoms with van der Waals surface area (Å²) in [6.07, 6.45) is 2.44. The molecule has 1 aromatic carbocycles. The van der Waals surface area contributed by atoms with E-state index < -0.39 is 0 Å². The number of para-hydroxylation sites is 1. The molecule has 1 N–H and O–H groups in total. The number of hydrogen-bond donors (Lipinski definition) is 1. The molecule has 2 heteroatoms. The van der Waals surface area contributed by atoms with E-state index in [1.54, 1.807) is 0 Å². The Labute approximate surface area is 118 Å². The first-order valence-corrected chi connectivity index (χ1v) is 7.50. The minimum atomic E-state index is 0.317. The monoisotopic (exact) mass is 260 g/mol. The van der Waals surface area contributed by atoms with Gasteiger partial charge in [0.15, 0.2) is 0 Å². The van der Waals surface area contributed by atoms with Crippen LogP contribution >= 0.6 is 0 Å². The molecule has 0 unspecified atom stereocenters. The van der Waals surface area contributed by atoms with Crippen LogP contribution in [-0.4, -0.2) is 25.7 Å². The van der Waals surface area contributed by atoms with Crippen molar-refractivity contribution in [3.8, 4) is 0 Å². The molecular formula is C17H28N2. The number of hydrogen-bond acceptors (Lipinski definition) is 2. The Hall–Kier alpha value is -1.02. The molecule has 1 saturated heterocycles. The summed E-state index contributed by atoms with van der Waals surface area (Å²) in [5, 5.41) is 3.48. The topological polar surface area (TPSA) is 15.3 Å². The molecule has 1 aliphatic heterocycles. The molecule has 2 nitrogen and oxygen atoms in total. The van der Waals surface area contributed by atoms with Crippen molar-refractivity contribution >= 4 is 5.69 Å². The van der Waals surface area contributed by atoms with Gasteiger partial charge in [-0.25, -0.2) is 0 Å². The number of nitrogens with zero attached hydrogens (tertiary/aromatic N) is 1. The van der Waals surface area contributed by atoms with E-state index in [9.17, 15) is 0 Å². The zero-order valence-electron chi connectivity index (χ0n) is 13.1. The van der Waals surface area contributed by atoms with Crippen LogP contribution in [0.15, 0.2) is 18.2 Å². The molecule has 0 bridgehead atoms. The van der Waals surface area contributed by atoms with E-state index in [2.05, 4.69) is 63.2 Å². The van der Waals surface area contributed by atoms with Gasteiger partial charge in [-0.05, 0) is 50.8 Å². The van der Waals surface area contributed by atoms with Crippen LogP contribution in [-0.2, 0) is 0 Å². The number of rotatable bonds is 3. The molecule has 1 fully saturated rings. The van der Waals surface area contributed by atoms with Gasteiger partial charge in [-0.1, -0.05) is 32.0 Å². The maximum atomic E-state index is 3.48. The third kappa shape index (κ3) is 2.94. The largest absolute Gasteiger partial charge is 0.371 e. The Balaban J connectivity index is 2.24. The molecule has 0 radical (unpaired) electrons. The fraction of sp³-hybridized carbons (Fsp3) is 0.647. The molecule has 0 saturated carbocycles. The third-order valence-electron chi connectivity index (χ3n) is 4.68. The van der Waals surface area contributed by atoms with Crippen LogP contribution in [0.3, 0.4) is 0 Å².